The molecular formula is C13H16ClNO4. The molecule has 0 aromatic heterocycles. The zero-order valence-corrected chi connectivity index (χ0v) is 11.5. The number of fused-ring (bicyclic) bond motifs is 1. The summed E-state index contributed by atoms with van der Waals surface area (Å²) in [4.78, 5) is 10.9. The molecule has 0 radical (unpaired) electrons. The van der Waals surface area contributed by atoms with Crippen LogP contribution < -0.4 is 14.8 Å². The van der Waals surface area contributed by atoms with E-state index in [4.69, 9.17) is 21.1 Å². The fraction of sp³-hybridized carbons (Fsp3) is 0.462. The van der Waals surface area contributed by atoms with Gasteiger partial charge in [0.2, 0.25) is 0 Å². The van der Waals surface area contributed by atoms with Gasteiger partial charge in [0.05, 0.1) is 18.6 Å². The molecule has 6 heteroatoms. The van der Waals surface area contributed by atoms with Crippen LogP contribution in [0.3, 0.4) is 0 Å². The van der Waals surface area contributed by atoms with E-state index < -0.39 is 0 Å². The van der Waals surface area contributed by atoms with Crippen LogP contribution in [0.1, 0.15) is 12.0 Å². The first-order valence-corrected chi connectivity index (χ1v) is 6.44. The van der Waals surface area contributed by atoms with Crippen molar-refractivity contribution in [3.63, 3.8) is 0 Å². The van der Waals surface area contributed by atoms with Gasteiger partial charge in [0.25, 0.3) is 0 Å². The predicted molar refractivity (Wildman–Crippen MR) is 70.8 cm³/mol. The number of hydrogen-bond donors (Lipinski definition) is 1. The Bertz CT molecular complexity index is 464. The summed E-state index contributed by atoms with van der Waals surface area (Å²) in [6.45, 7) is 2.21. The molecule has 1 aromatic rings. The van der Waals surface area contributed by atoms with Crippen molar-refractivity contribution in [3.05, 3.63) is 22.7 Å². The minimum atomic E-state index is -0.229. The lowest BCUT2D eigenvalue weighted by Gasteiger charge is -2.20. The fourth-order valence-corrected chi connectivity index (χ4v) is 2.08. The zero-order chi connectivity index (χ0) is 13.7. The second-order valence-corrected chi connectivity index (χ2v) is 4.51. The average Bonchev–Trinajstić information content (AvgIpc) is 2.43. The molecule has 0 saturated carbocycles. The van der Waals surface area contributed by atoms with Gasteiger partial charge in [-0.2, -0.15) is 0 Å². The third-order valence-electron chi connectivity index (χ3n) is 2.72. The van der Waals surface area contributed by atoms with Crippen molar-refractivity contribution < 1.29 is 19.0 Å². The Balaban J connectivity index is 1.90. The second kappa shape index (κ2) is 6.63. The van der Waals surface area contributed by atoms with Crippen LogP contribution in [0.5, 0.6) is 11.5 Å². The summed E-state index contributed by atoms with van der Waals surface area (Å²) >= 11 is 6.13. The first-order valence-electron chi connectivity index (χ1n) is 6.06. The Morgan fingerprint density at radius 3 is 3.00 bits per heavy atom. The van der Waals surface area contributed by atoms with Crippen molar-refractivity contribution in [2.45, 2.75) is 13.0 Å². The molecule has 1 aliphatic heterocycles. The van der Waals surface area contributed by atoms with Crippen LogP contribution >= 0.6 is 11.6 Å². The van der Waals surface area contributed by atoms with E-state index in [9.17, 15) is 4.79 Å². The van der Waals surface area contributed by atoms with Crippen LogP contribution in [0, 0.1) is 0 Å². The molecule has 0 unspecified atom stereocenters. The van der Waals surface area contributed by atoms with Gasteiger partial charge in [-0.3, -0.25) is 4.79 Å². The van der Waals surface area contributed by atoms with Gasteiger partial charge in [-0.25, -0.2) is 0 Å². The third kappa shape index (κ3) is 3.75. The number of methoxy groups -OCH3 is 1. The Kier molecular flexibility index (Phi) is 4.87. The SMILES string of the molecule is COC(=O)CCNCc1cc(Cl)c2c(c1)OCCO2. The van der Waals surface area contributed by atoms with E-state index in [2.05, 4.69) is 10.1 Å². The molecule has 19 heavy (non-hydrogen) atoms. The largest absolute Gasteiger partial charge is 0.486 e. The first kappa shape index (κ1) is 14.0. The Labute approximate surface area is 116 Å². The molecule has 104 valence electrons. The molecule has 0 bridgehead atoms. The number of halogens is 1. The molecule has 1 aromatic carbocycles. The summed E-state index contributed by atoms with van der Waals surface area (Å²) in [7, 11) is 1.38. The number of rotatable bonds is 5. The van der Waals surface area contributed by atoms with E-state index in [0.717, 1.165) is 5.56 Å². The maximum atomic E-state index is 10.9. The third-order valence-corrected chi connectivity index (χ3v) is 3.00. The number of hydrogen-bond acceptors (Lipinski definition) is 5. The molecule has 0 aliphatic carbocycles. The quantitative estimate of drug-likeness (QED) is 0.660. The maximum Gasteiger partial charge on any atom is 0.306 e. The second-order valence-electron chi connectivity index (χ2n) is 4.10. The van der Waals surface area contributed by atoms with Crippen LogP contribution in [0.15, 0.2) is 12.1 Å². The normalized spacial score (nSPS) is 13.2. The number of nitrogens with one attached hydrogen (secondary N) is 1. The van der Waals surface area contributed by atoms with Crippen molar-refractivity contribution in [1.82, 2.24) is 5.32 Å². The van der Waals surface area contributed by atoms with Crippen molar-refractivity contribution >= 4 is 17.6 Å². The average molecular weight is 286 g/mol. The summed E-state index contributed by atoms with van der Waals surface area (Å²) in [6, 6.07) is 3.73. The summed E-state index contributed by atoms with van der Waals surface area (Å²) in [5.74, 6) is 1.04. The van der Waals surface area contributed by atoms with E-state index in [1.807, 2.05) is 12.1 Å². The number of benzene rings is 1. The highest BCUT2D eigenvalue weighted by atomic mass is 35.5. The van der Waals surface area contributed by atoms with Gasteiger partial charge in [0.15, 0.2) is 11.5 Å². The van der Waals surface area contributed by atoms with Crippen LogP contribution in [-0.2, 0) is 16.1 Å². The highest BCUT2D eigenvalue weighted by Crippen LogP contribution is 2.38. The van der Waals surface area contributed by atoms with Gasteiger partial charge in [0, 0.05) is 13.1 Å². The molecule has 0 saturated heterocycles. The Morgan fingerprint density at radius 1 is 1.42 bits per heavy atom. The molecule has 0 atom stereocenters. The van der Waals surface area contributed by atoms with Gasteiger partial charge < -0.3 is 19.5 Å². The van der Waals surface area contributed by atoms with E-state index in [0.29, 0.717) is 49.2 Å². The van der Waals surface area contributed by atoms with Crippen LogP contribution in [-0.4, -0.2) is 32.8 Å². The van der Waals surface area contributed by atoms with Gasteiger partial charge >= 0.3 is 5.97 Å². The minimum Gasteiger partial charge on any atom is -0.486 e. The highest BCUT2D eigenvalue weighted by molar-refractivity contribution is 6.32. The smallest absolute Gasteiger partial charge is 0.306 e. The summed E-state index contributed by atoms with van der Waals surface area (Å²) in [6.07, 6.45) is 0.342. The van der Waals surface area contributed by atoms with Crippen molar-refractivity contribution in [3.8, 4) is 11.5 Å². The van der Waals surface area contributed by atoms with Crippen LogP contribution in [0.25, 0.3) is 0 Å². The topological polar surface area (TPSA) is 56.8 Å². The summed E-state index contributed by atoms with van der Waals surface area (Å²) in [5.41, 5.74) is 0.985. The molecule has 1 aliphatic rings. The van der Waals surface area contributed by atoms with E-state index in [1.165, 1.54) is 7.11 Å². The molecule has 0 amide bonds. The predicted octanol–water partition coefficient (Wildman–Crippen LogP) is 1.76. The van der Waals surface area contributed by atoms with Crippen LogP contribution in [0.2, 0.25) is 5.02 Å². The van der Waals surface area contributed by atoms with Gasteiger partial charge in [-0.1, -0.05) is 11.6 Å². The van der Waals surface area contributed by atoms with Gasteiger partial charge in [-0.05, 0) is 17.7 Å². The van der Waals surface area contributed by atoms with Crippen molar-refractivity contribution in [1.29, 1.82) is 0 Å². The number of ether oxygens (including phenoxy) is 3. The van der Waals surface area contributed by atoms with E-state index >= 15 is 0 Å². The van der Waals surface area contributed by atoms with Gasteiger partial charge in [0.1, 0.15) is 13.2 Å². The summed E-state index contributed by atoms with van der Waals surface area (Å²) in [5, 5.41) is 3.69. The molecule has 2 rings (SSSR count). The maximum absolute atomic E-state index is 10.9. The van der Waals surface area contributed by atoms with Crippen molar-refractivity contribution in [2.24, 2.45) is 0 Å². The van der Waals surface area contributed by atoms with E-state index in [-0.39, 0.29) is 5.97 Å². The first-order chi connectivity index (χ1) is 9.20. The van der Waals surface area contributed by atoms with Gasteiger partial charge in [-0.15, -0.1) is 0 Å². The molecular weight excluding hydrogens is 270 g/mol. The lowest BCUT2D eigenvalue weighted by atomic mass is 10.2. The van der Waals surface area contributed by atoms with Crippen LogP contribution in [0.4, 0.5) is 0 Å². The minimum absolute atomic E-state index is 0.229. The monoisotopic (exact) mass is 285 g/mol. The molecule has 1 N–H and O–H groups in total. The standard InChI is InChI=1S/C13H16ClNO4/c1-17-12(16)2-3-15-8-9-6-10(14)13-11(7-9)18-4-5-19-13/h6-7,15H,2-5,8H2,1H3. The molecule has 0 fully saturated rings. The summed E-state index contributed by atoms with van der Waals surface area (Å²) < 4.78 is 15.5. The molecule has 5 nitrogen and oxygen atoms in total. The number of esters is 1. The Hall–Kier alpha value is -1.46. The molecule has 1 heterocycles. The lowest BCUT2D eigenvalue weighted by molar-refractivity contribution is -0.140. The van der Waals surface area contributed by atoms with E-state index in [1.54, 1.807) is 0 Å². The highest BCUT2D eigenvalue weighted by Gasteiger charge is 2.16. The molecule has 0 spiro atoms. The Morgan fingerprint density at radius 2 is 2.21 bits per heavy atom. The van der Waals surface area contributed by atoms with Crippen molar-refractivity contribution in [2.75, 3.05) is 26.9 Å². The fourth-order valence-electron chi connectivity index (χ4n) is 1.79. The zero-order valence-electron chi connectivity index (χ0n) is 10.7. The number of carbonyl (C=O) groups is 1. The number of carbonyl (C=O) groups excluding carboxylic acids is 1. The lowest BCUT2D eigenvalue weighted by Crippen LogP contribution is -2.19.